The van der Waals surface area contributed by atoms with Crippen LogP contribution in [-0.4, -0.2) is 36.7 Å². The first-order valence-corrected chi connectivity index (χ1v) is 12.5. The fourth-order valence-corrected chi connectivity index (χ4v) is 4.82. The summed E-state index contributed by atoms with van der Waals surface area (Å²) in [5, 5.41) is 4.95. The zero-order valence-corrected chi connectivity index (χ0v) is 20.8. The summed E-state index contributed by atoms with van der Waals surface area (Å²) in [6.07, 6.45) is 1.89. The molecule has 35 heavy (non-hydrogen) atoms. The minimum atomic E-state index is -4.39. The van der Waals surface area contributed by atoms with Crippen LogP contribution in [0.5, 0.6) is 5.75 Å². The number of pyridine rings is 1. The average Bonchev–Trinajstić information content (AvgIpc) is 2.84. The Hall–Kier alpha value is -3.34. The van der Waals surface area contributed by atoms with E-state index in [1.54, 1.807) is 42.5 Å². The van der Waals surface area contributed by atoms with Crippen molar-refractivity contribution in [3.63, 3.8) is 0 Å². The van der Waals surface area contributed by atoms with Gasteiger partial charge in [0.05, 0.1) is 29.4 Å². The molecular formula is C23H20Cl2N4O5S. The molecule has 12 heteroatoms. The summed E-state index contributed by atoms with van der Waals surface area (Å²) in [6.45, 7) is -0.217. The van der Waals surface area contributed by atoms with Gasteiger partial charge in [-0.25, -0.2) is 4.79 Å². The number of methoxy groups -OCH3 is 1. The number of carbonyl (C=O) groups is 1. The van der Waals surface area contributed by atoms with Crippen molar-refractivity contribution in [2.24, 2.45) is 5.10 Å². The lowest BCUT2D eigenvalue weighted by atomic mass is 9.96. The first-order chi connectivity index (χ1) is 16.8. The van der Waals surface area contributed by atoms with Crippen LogP contribution in [0, 0.1) is 0 Å². The van der Waals surface area contributed by atoms with E-state index in [1.807, 2.05) is 10.8 Å². The van der Waals surface area contributed by atoms with Gasteiger partial charge in [0.25, 0.3) is 0 Å². The van der Waals surface area contributed by atoms with Gasteiger partial charge in [-0.3, -0.25) is 4.98 Å². The number of benzene rings is 2. The van der Waals surface area contributed by atoms with E-state index in [2.05, 4.69) is 10.1 Å². The van der Waals surface area contributed by atoms with Crippen molar-refractivity contribution in [1.29, 1.82) is 0 Å². The highest BCUT2D eigenvalue weighted by Crippen LogP contribution is 2.30. The summed E-state index contributed by atoms with van der Waals surface area (Å²) in [4.78, 5) is 16.2. The van der Waals surface area contributed by atoms with Crippen LogP contribution in [0.15, 0.2) is 66.0 Å². The summed E-state index contributed by atoms with van der Waals surface area (Å²) in [5.74, 6) is 0.539. The second kappa shape index (κ2) is 10.5. The van der Waals surface area contributed by atoms with Crippen molar-refractivity contribution < 1.29 is 22.7 Å². The quantitative estimate of drug-likeness (QED) is 0.482. The molecule has 1 aromatic heterocycles. The van der Waals surface area contributed by atoms with Gasteiger partial charge in [0.1, 0.15) is 12.4 Å². The maximum Gasteiger partial charge on any atom is 0.422 e. The van der Waals surface area contributed by atoms with E-state index in [-0.39, 0.29) is 19.6 Å². The van der Waals surface area contributed by atoms with Gasteiger partial charge in [-0.05, 0) is 34.9 Å². The van der Waals surface area contributed by atoms with E-state index in [0.717, 1.165) is 4.41 Å². The Labute approximate surface area is 212 Å². The molecule has 9 nitrogen and oxygen atoms in total. The lowest BCUT2D eigenvalue weighted by molar-refractivity contribution is 0.145. The maximum absolute atomic E-state index is 13.0. The first-order valence-electron chi connectivity index (χ1n) is 10.3. The number of nitrogens with one attached hydrogen (secondary N) is 1. The van der Waals surface area contributed by atoms with Gasteiger partial charge in [-0.2, -0.15) is 22.7 Å². The van der Waals surface area contributed by atoms with Crippen molar-refractivity contribution in [1.82, 2.24) is 14.1 Å². The van der Waals surface area contributed by atoms with Gasteiger partial charge in [0.2, 0.25) is 0 Å². The van der Waals surface area contributed by atoms with Crippen LogP contribution in [0.4, 0.5) is 4.79 Å². The molecule has 0 fully saturated rings. The van der Waals surface area contributed by atoms with Crippen molar-refractivity contribution >= 4 is 45.2 Å². The number of hydrogen-bond acceptors (Lipinski definition) is 7. The smallest absolute Gasteiger partial charge is 0.422 e. The van der Waals surface area contributed by atoms with Gasteiger partial charge in [0, 0.05) is 24.4 Å². The fourth-order valence-electron chi connectivity index (χ4n) is 3.43. The Morgan fingerprint density at radius 1 is 1.11 bits per heavy atom. The van der Waals surface area contributed by atoms with Crippen LogP contribution < -0.4 is 9.46 Å². The van der Waals surface area contributed by atoms with Crippen LogP contribution in [0.2, 0.25) is 10.0 Å². The third-order valence-electron chi connectivity index (χ3n) is 5.16. The number of amides is 1. The number of hydrogen-bond donors (Lipinski definition) is 1. The van der Waals surface area contributed by atoms with Crippen molar-refractivity contribution in [3.8, 4) is 5.75 Å². The Morgan fingerprint density at radius 3 is 2.51 bits per heavy atom. The molecule has 0 spiro atoms. The number of nitrogens with zero attached hydrogens (tertiary/aromatic N) is 3. The predicted molar refractivity (Wildman–Crippen MR) is 132 cm³/mol. The normalized spacial score (nSPS) is 13.0. The van der Waals surface area contributed by atoms with E-state index in [9.17, 15) is 13.2 Å². The molecule has 1 amide bonds. The molecule has 2 aromatic carbocycles. The highest BCUT2D eigenvalue weighted by Gasteiger charge is 2.30. The summed E-state index contributed by atoms with van der Waals surface area (Å²) < 4.78 is 39.1. The van der Waals surface area contributed by atoms with E-state index in [0.29, 0.717) is 43.8 Å². The zero-order chi connectivity index (χ0) is 25.0. The molecule has 0 bridgehead atoms. The summed E-state index contributed by atoms with van der Waals surface area (Å²) in [5.41, 5.74) is 2.96. The topological polar surface area (TPSA) is 110 Å². The largest absolute Gasteiger partial charge is 0.497 e. The number of aromatic nitrogens is 1. The summed E-state index contributed by atoms with van der Waals surface area (Å²) in [6, 6.07) is 14.1. The van der Waals surface area contributed by atoms with E-state index in [1.165, 1.54) is 19.5 Å². The second-order valence-electron chi connectivity index (χ2n) is 7.48. The standard InChI is InChI=1S/C23H20Cl2N4O5S/c1-33-17-7-8-18-16(9-17)13-29(27-22(18)10-19-20(24)11-26-12-21(19)25)35(31,32)28-23(30)34-14-15-5-3-2-4-6-15/h2-9,11-12H,10,13-14H2,1H3,(H,28,30). The number of rotatable bonds is 7. The van der Waals surface area contributed by atoms with Crippen LogP contribution >= 0.6 is 23.2 Å². The molecule has 3 aromatic rings. The fraction of sp³-hybridized carbons (Fsp3) is 0.174. The zero-order valence-electron chi connectivity index (χ0n) is 18.4. The number of halogens is 2. The molecule has 4 rings (SSSR count). The van der Waals surface area contributed by atoms with Gasteiger partial charge in [0.15, 0.2) is 0 Å². The van der Waals surface area contributed by atoms with Crippen molar-refractivity contribution in [2.75, 3.05) is 7.11 Å². The summed E-state index contributed by atoms with van der Waals surface area (Å²) >= 11 is 12.6. The average molecular weight is 535 g/mol. The third-order valence-corrected chi connectivity index (χ3v) is 7.00. The predicted octanol–water partition coefficient (Wildman–Crippen LogP) is 4.33. The Morgan fingerprint density at radius 2 is 1.83 bits per heavy atom. The van der Waals surface area contributed by atoms with E-state index >= 15 is 0 Å². The van der Waals surface area contributed by atoms with Crippen LogP contribution in [0.25, 0.3) is 0 Å². The highest BCUT2D eigenvalue weighted by molar-refractivity contribution is 7.87. The maximum atomic E-state index is 13.0. The molecular weight excluding hydrogens is 515 g/mol. The summed E-state index contributed by atoms with van der Waals surface area (Å²) in [7, 11) is -2.88. The SMILES string of the molecule is COc1ccc2c(c1)CN(S(=O)(=O)NC(=O)OCc1ccccc1)N=C2Cc1c(Cl)cncc1Cl. The van der Waals surface area contributed by atoms with Crippen molar-refractivity contribution in [2.45, 2.75) is 19.6 Å². The number of carbonyl (C=O) groups excluding carboxylic acids is 1. The third kappa shape index (κ3) is 5.84. The van der Waals surface area contributed by atoms with Crippen LogP contribution in [-0.2, 0) is 34.5 Å². The Balaban J connectivity index is 1.60. The highest BCUT2D eigenvalue weighted by atomic mass is 35.5. The molecule has 0 saturated carbocycles. The Bertz CT molecular complexity index is 1360. The lowest BCUT2D eigenvalue weighted by Gasteiger charge is -2.27. The monoisotopic (exact) mass is 534 g/mol. The van der Waals surface area contributed by atoms with Gasteiger partial charge in [-0.1, -0.05) is 53.5 Å². The van der Waals surface area contributed by atoms with E-state index < -0.39 is 16.3 Å². The van der Waals surface area contributed by atoms with Crippen molar-refractivity contribution in [3.05, 3.63) is 93.2 Å². The van der Waals surface area contributed by atoms with Gasteiger partial charge in [-0.15, -0.1) is 0 Å². The number of ether oxygens (including phenoxy) is 2. The molecule has 0 aliphatic carbocycles. The van der Waals surface area contributed by atoms with Crippen LogP contribution in [0.1, 0.15) is 22.3 Å². The minimum absolute atomic E-state index is 0.0875. The molecule has 0 unspecified atom stereocenters. The lowest BCUT2D eigenvalue weighted by Crippen LogP contribution is -2.43. The van der Waals surface area contributed by atoms with Crippen LogP contribution in [0.3, 0.4) is 0 Å². The Kier molecular flexibility index (Phi) is 7.44. The molecule has 0 saturated heterocycles. The molecule has 182 valence electrons. The second-order valence-corrected chi connectivity index (χ2v) is 9.87. The molecule has 0 radical (unpaired) electrons. The molecule has 2 heterocycles. The first kappa shape index (κ1) is 24.8. The number of fused-ring (bicyclic) bond motifs is 1. The molecule has 1 aliphatic rings. The van der Waals surface area contributed by atoms with Gasteiger partial charge < -0.3 is 9.47 Å². The number of hydrazone groups is 1. The molecule has 1 aliphatic heterocycles. The minimum Gasteiger partial charge on any atom is -0.497 e. The van der Waals surface area contributed by atoms with Gasteiger partial charge >= 0.3 is 16.3 Å². The molecule has 1 N–H and O–H groups in total. The molecule has 0 atom stereocenters. The van der Waals surface area contributed by atoms with E-state index in [4.69, 9.17) is 32.7 Å².